The fourth-order valence-electron chi connectivity index (χ4n) is 2.95. The van der Waals surface area contributed by atoms with Crippen LogP contribution in [0.15, 0.2) is 24.3 Å². The molecule has 1 heteroatoms. The molecule has 0 bridgehead atoms. The second-order valence-corrected chi connectivity index (χ2v) is 7.02. The van der Waals surface area contributed by atoms with Crippen LogP contribution in [0.1, 0.15) is 64.0 Å². The van der Waals surface area contributed by atoms with Gasteiger partial charge in [-0.05, 0) is 60.7 Å². The van der Waals surface area contributed by atoms with Crippen LogP contribution < -0.4 is 5.32 Å². The van der Waals surface area contributed by atoms with Gasteiger partial charge in [-0.25, -0.2) is 0 Å². The van der Waals surface area contributed by atoms with E-state index in [0.29, 0.717) is 0 Å². The summed E-state index contributed by atoms with van der Waals surface area (Å²) in [5.74, 6) is 1.64. The molecule has 1 nitrogen and oxygen atoms in total. The normalized spacial score (nSPS) is 23.2. The SMILES string of the molecule is CCCNCC1CCC1c1ccc(C(C)(C)C)cc1. The minimum Gasteiger partial charge on any atom is -0.316 e. The van der Waals surface area contributed by atoms with Crippen LogP contribution >= 0.6 is 0 Å². The number of rotatable bonds is 5. The van der Waals surface area contributed by atoms with Gasteiger partial charge in [-0.2, -0.15) is 0 Å². The van der Waals surface area contributed by atoms with Crippen molar-refractivity contribution in [2.24, 2.45) is 5.92 Å². The van der Waals surface area contributed by atoms with Crippen molar-refractivity contribution < 1.29 is 0 Å². The molecule has 0 heterocycles. The van der Waals surface area contributed by atoms with E-state index in [1.807, 2.05) is 0 Å². The first-order valence-corrected chi connectivity index (χ1v) is 7.83. The van der Waals surface area contributed by atoms with Gasteiger partial charge >= 0.3 is 0 Å². The lowest BCUT2D eigenvalue weighted by atomic mass is 9.69. The third kappa shape index (κ3) is 3.60. The van der Waals surface area contributed by atoms with E-state index in [1.54, 1.807) is 5.56 Å². The fourth-order valence-corrected chi connectivity index (χ4v) is 2.95. The highest BCUT2D eigenvalue weighted by molar-refractivity contribution is 5.31. The van der Waals surface area contributed by atoms with Gasteiger partial charge in [0.25, 0.3) is 0 Å². The third-order valence-electron chi connectivity index (χ3n) is 4.46. The Morgan fingerprint density at radius 3 is 2.26 bits per heavy atom. The average Bonchev–Trinajstić information content (AvgIpc) is 2.33. The zero-order valence-corrected chi connectivity index (χ0v) is 13.0. The van der Waals surface area contributed by atoms with Gasteiger partial charge in [-0.15, -0.1) is 0 Å². The molecule has 0 aromatic heterocycles. The summed E-state index contributed by atoms with van der Waals surface area (Å²) in [6.07, 6.45) is 3.99. The van der Waals surface area contributed by atoms with Crippen LogP contribution in [0.2, 0.25) is 0 Å². The first kappa shape index (κ1) is 14.6. The van der Waals surface area contributed by atoms with Crippen molar-refractivity contribution in [3.05, 3.63) is 35.4 Å². The van der Waals surface area contributed by atoms with E-state index in [-0.39, 0.29) is 5.41 Å². The van der Waals surface area contributed by atoms with Crippen molar-refractivity contribution in [3.8, 4) is 0 Å². The van der Waals surface area contributed by atoms with Crippen LogP contribution in [0.5, 0.6) is 0 Å². The highest BCUT2D eigenvalue weighted by Crippen LogP contribution is 2.42. The van der Waals surface area contributed by atoms with Crippen molar-refractivity contribution in [1.29, 1.82) is 0 Å². The molecule has 0 spiro atoms. The Hall–Kier alpha value is -0.820. The quantitative estimate of drug-likeness (QED) is 0.769. The van der Waals surface area contributed by atoms with Crippen LogP contribution in [0, 0.1) is 5.92 Å². The molecule has 2 unspecified atom stereocenters. The van der Waals surface area contributed by atoms with E-state index in [9.17, 15) is 0 Å². The second kappa shape index (κ2) is 6.09. The number of hydrogen-bond acceptors (Lipinski definition) is 1. The molecule has 1 N–H and O–H groups in total. The molecule has 106 valence electrons. The van der Waals surface area contributed by atoms with Crippen molar-refractivity contribution in [3.63, 3.8) is 0 Å². The minimum atomic E-state index is 0.264. The maximum Gasteiger partial charge on any atom is -0.00147 e. The van der Waals surface area contributed by atoms with Gasteiger partial charge in [0.2, 0.25) is 0 Å². The Morgan fingerprint density at radius 1 is 1.11 bits per heavy atom. The van der Waals surface area contributed by atoms with Gasteiger partial charge in [-0.1, -0.05) is 52.0 Å². The smallest absolute Gasteiger partial charge is 0.00147 e. The van der Waals surface area contributed by atoms with Crippen molar-refractivity contribution >= 4 is 0 Å². The standard InChI is InChI=1S/C18H29N/c1-5-12-19-13-15-8-11-17(15)14-6-9-16(10-7-14)18(2,3)4/h6-7,9-10,15,17,19H,5,8,11-13H2,1-4H3. The van der Waals surface area contributed by atoms with Gasteiger partial charge in [0.1, 0.15) is 0 Å². The molecule has 1 aliphatic rings. The predicted molar refractivity (Wildman–Crippen MR) is 83.8 cm³/mol. The van der Waals surface area contributed by atoms with Gasteiger partial charge in [0, 0.05) is 0 Å². The van der Waals surface area contributed by atoms with E-state index in [4.69, 9.17) is 0 Å². The Balaban J connectivity index is 1.95. The summed E-state index contributed by atoms with van der Waals surface area (Å²) in [6.45, 7) is 11.4. The first-order chi connectivity index (χ1) is 9.02. The number of hydrogen-bond donors (Lipinski definition) is 1. The lowest BCUT2D eigenvalue weighted by molar-refractivity contribution is 0.246. The Labute approximate surface area is 118 Å². The second-order valence-electron chi connectivity index (χ2n) is 7.02. The minimum absolute atomic E-state index is 0.264. The molecule has 1 aromatic carbocycles. The molecular weight excluding hydrogens is 230 g/mol. The van der Waals surface area contributed by atoms with Crippen LogP contribution in [-0.4, -0.2) is 13.1 Å². The lowest BCUT2D eigenvalue weighted by Gasteiger charge is -2.37. The van der Waals surface area contributed by atoms with Crippen molar-refractivity contribution in [2.45, 2.75) is 58.3 Å². The average molecular weight is 259 g/mol. The number of nitrogens with one attached hydrogen (secondary N) is 1. The van der Waals surface area contributed by atoms with Crippen LogP contribution in [0.4, 0.5) is 0 Å². The Kier molecular flexibility index (Phi) is 4.67. The Bertz CT molecular complexity index is 385. The third-order valence-corrected chi connectivity index (χ3v) is 4.46. The summed E-state index contributed by atoms with van der Waals surface area (Å²) >= 11 is 0. The molecule has 1 saturated carbocycles. The van der Waals surface area contributed by atoms with E-state index in [0.717, 1.165) is 18.4 Å². The Morgan fingerprint density at radius 2 is 1.79 bits per heavy atom. The molecular formula is C18H29N. The molecule has 1 aromatic rings. The highest BCUT2D eigenvalue weighted by atomic mass is 14.9. The first-order valence-electron chi connectivity index (χ1n) is 7.83. The zero-order valence-electron chi connectivity index (χ0n) is 13.0. The molecule has 1 aliphatic carbocycles. The van der Waals surface area contributed by atoms with Crippen LogP contribution in [0.25, 0.3) is 0 Å². The molecule has 2 atom stereocenters. The molecule has 0 aliphatic heterocycles. The summed E-state index contributed by atoms with van der Waals surface area (Å²) in [5, 5.41) is 3.57. The van der Waals surface area contributed by atoms with Crippen LogP contribution in [-0.2, 0) is 5.41 Å². The van der Waals surface area contributed by atoms with Gasteiger partial charge in [0.05, 0.1) is 0 Å². The van der Waals surface area contributed by atoms with Crippen molar-refractivity contribution in [1.82, 2.24) is 5.32 Å². The van der Waals surface area contributed by atoms with E-state index in [2.05, 4.69) is 57.3 Å². The lowest BCUT2D eigenvalue weighted by Crippen LogP contribution is -2.34. The molecule has 19 heavy (non-hydrogen) atoms. The largest absolute Gasteiger partial charge is 0.316 e. The summed E-state index contributed by atoms with van der Waals surface area (Å²) in [5.41, 5.74) is 3.25. The summed E-state index contributed by atoms with van der Waals surface area (Å²) in [4.78, 5) is 0. The topological polar surface area (TPSA) is 12.0 Å². The van der Waals surface area contributed by atoms with Gasteiger partial charge < -0.3 is 5.32 Å². The van der Waals surface area contributed by atoms with Gasteiger partial charge in [-0.3, -0.25) is 0 Å². The summed E-state index contributed by atoms with van der Waals surface area (Å²) in [6, 6.07) is 9.36. The molecule has 0 radical (unpaired) electrons. The fraction of sp³-hybridized carbons (Fsp3) is 0.667. The molecule has 2 rings (SSSR count). The van der Waals surface area contributed by atoms with E-state index < -0.39 is 0 Å². The van der Waals surface area contributed by atoms with E-state index >= 15 is 0 Å². The molecule has 0 amide bonds. The zero-order chi connectivity index (χ0) is 13.9. The molecule has 1 fully saturated rings. The predicted octanol–water partition coefficient (Wildman–Crippen LogP) is 4.48. The maximum absolute atomic E-state index is 3.57. The highest BCUT2D eigenvalue weighted by Gasteiger charge is 2.31. The van der Waals surface area contributed by atoms with Crippen molar-refractivity contribution in [2.75, 3.05) is 13.1 Å². The summed E-state index contributed by atoms with van der Waals surface area (Å²) in [7, 11) is 0. The van der Waals surface area contributed by atoms with E-state index in [1.165, 1.54) is 31.4 Å². The van der Waals surface area contributed by atoms with Gasteiger partial charge in [0.15, 0.2) is 0 Å². The molecule has 0 saturated heterocycles. The number of benzene rings is 1. The monoisotopic (exact) mass is 259 g/mol. The summed E-state index contributed by atoms with van der Waals surface area (Å²) < 4.78 is 0. The maximum atomic E-state index is 3.57. The van der Waals surface area contributed by atoms with Crippen LogP contribution in [0.3, 0.4) is 0 Å².